The Labute approximate surface area is 136 Å². The number of H-pyrrole nitrogens is 1. The molecule has 0 saturated heterocycles. The zero-order chi connectivity index (χ0) is 16.1. The van der Waals surface area contributed by atoms with Crippen molar-refractivity contribution in [2.24, 2.45) is 7.05 Å². The molecule has 0 spiro atoms. The van der Waals surface area contributed by atoms with E-state index in [4.69, 9.17) is 0 Å². The van der Waals surface area contributed by atoms with E-state index in [0.717, 1.165) is 15.8 Å². The first-order valence-electron chi connectivity index (χ1n) is 6.73. The Morgan fingerprint density at radius 1 is 1.48 bits per heavy atom. The standard InChI is InChI=1S/C13H12N6O2S2/c1-18-9-8(10-11(18)16-13(22-10)23(2)21)5-15-19(12(9)20)6-7-3-4-14-17-7/h3-5H,6H2,1-2H3,(H,14,17). The zero-order valence-corrected chi connectivity index (χ0v) is 13.9. The highest BCUT2D eigenvalue weighted by molar-refractivity contribution is 7.92. The van der Waals surface area contributed by atoms with Crippen LogP contribution in [0, 0.1) is 0 Å². The predicted molar refractivity (Wildman–Crippen MR) is 88.2 cm³/mol. The molecule has 4 heterocycles. The summed E-state index contributed by atoms with van der Waals surface area (Å²) in [6, 6.07) is 1.80. The van der Waals surface area contributed by atoms with Gasteiger partial charge in [-0.05, 0) is 6.07 Å². The Bertz CT molecular complexity index is 1060. The lowest BCUT2D eigenvalue weighted by Crippen LogP contribution is -2.24. The molecule has 10 heteroatoms. The second-order valence-electron chi connectivity index (χ2n) is 5.08. The van der Waals surface area contributed by atoms with Gasteiger partial charge in [0.25, 0.3) is 5.56 Å². The lowest BCUT2D eigenvalue weighted by Gasteiger charge is -2.03. The van der Waals surface area contributed by atoms with Gasteiger partial charge in [-0.25, -0.2) is 4.68 Å². The van der Waals surface area contributed by atoms with E-state index in [0.29, 0.717) is 22.0 Å². The van der Waals surface area contributed by atoms with Crippen molar-refractivity contribution < 1.29 is 4.55 Å². The molecule has 0 aromatic carbocycles. The molecular formula is C13H12N6O2S2. The van der Waals surface area contributed by atoms with Gasteiger partial charge < -0.3 is 9.12 Å². The van der Waals surface area contributed by atoms with Gasteiger partial charge in [-0.3, -0.25) is 9.89 Å². The van der Waals surface area contributed by atoms with Gasteiger partial charge in [-0.15, -0.1) is 0 Å². The molecule has 0 amide bonds. The molecule has 0 saturated carbocycles. The monoisotopic (exact) mass is 348 g/mol. The summed E-state index contributed by atoms with van der Waals surface area (Å²) in [5.74, 6) is 0. The molecule has 4 rings (SSSR count). The molecule has 118 valence electrons. The van der Waals surface area contributed by atoms with E-state index in [1.165, 1.54) is 16.0 Å². The molecule has 0 radical (unpaired) electrons. The second-order valence-corrected chi connectivity index (χ2v) is 7.63. The van der Waals surface area contributed by atoms with Crippen molar-refractivity contribution in [2.75, 3.05) is 6.26 Å². The quantitative estimate of drug-likeness (QED) is 0.553. The third kappa shape index (κ3) is 2.18. The Balaban J connectivity index is 1.93. The second kappa shape index (κ2) is 5.18. The van der Waals surface area contributed by atoms with E-state index in [9.17, 15) is 9.35 Å². The van der Waals surface area contributed by atoms with Crippen molar-refractivity contribution in [1.82, 2.24) is 29.5 Å². The molecule has 0 aliphatic carbocycles. The highest BCUT2D eigenvalue weighted by atomic mass is 32.2. The number of aryl methyl sites for hydroxylation is 1. The summed E-state index contributed by atoms with van der Waals surface area (Å²) in [4.78, 5) is 17.1. The lowest BCUT2D eigenvalue weighted by molar-refractivity contribution is 0.600. The minimum absolute atomic E-state index is 0.197. The Morgan fingerprint density at radius 3 is 3.00 bits per heavy atom. The summed E-state index contributed by atoms with van der Waals surface area (Å²) in [5.41, 5.74) is 1.73. The van der Waals surface area contributed by atoms with Crippen LogP contribution in [0.5, 0.6) is 0 Å². The van der Waals surface area contributed by atoms with Gasteiger partial charge in [-0.2, -0.15) is 15.2 Å². The maximum absolute atomic E-state index is 12.7. The predicted octanol–water partition coefficient (Wildman–Crippen LogP) is 0.853. The summed E-state index contributed by atoms with van der Waals surface area (Å²) in [7, 11) is 1.78. The van der Waals surface area contributed by atoms with Gasteiger partial charge in [0, 0.05) is 29.8 Å². The van der Waals surface area contributed by atoms with E-state index in [-0.39, 0.29) is 5.56 Å². The normalized spacial score (nSPS) is 13.2. The molecule has 1 unspecified atom stereocenters. The summed E-state index contributed by atoms with van der Waals surface area (Å²) in [5, 5.41) is 11.7. The number of rotatable bonds is 3. The third-order valence-corrected chi connectivity index (χ3v) is 6.03. The van der Waals surface area contributed by atoms with Crippen LogP contribution in [0.2, 0.25) is 0 Å². The maximum Gasteiger partial charge on any atom is 0.303 e. The van der Waals surface area contributed by atoms with Crippen molar-refractivity contribution in [3.05, 3.63) is 34.5 Å². The molecule has 0 bridgehead atoms. The van der Waals surface area contributed by atoms with E-state index in [1.54, 1.807) is 36.3 Å². The van der Waals surface area contributed by atoms with Crippen molar-refractivity contribution in [3.63, 3.8) is 0 Å². The molecule has 8 nitrogen and oxygen atoms in total. The first-order chi connectivity index (χ1) is 11.1. The molecule has 4 aromatic heterocycles. The van der Waals surface area contributed by atoms with Crippen molar-refractivity contribution in [2.45, 2.75) is 10.9 Å². The molecule has 23 heavy (non-hydrogen) atoms. The fourth-order valence-electron chi connectivity index (χ4n) is 2.54. The van der Waals surface area contributed by atoms with Crippen LogP contribution in [0.4, 0.5) is 0 Å². The van der Waals surface area contributed by atoms with Crippen molar-refractivity contribution >= 4 is 43.8 Å². The van der Waals surface area contributed by atoms with Gasteiger partial charge in [0.1, 0.15) is 11.8 Å². The molecule has 0 aliphatic heterocycles. The number of nitrogens with one attached hydrogen (secondary N) is 1. The fourth-order valence-corrected chi connectivity index (χ4v) is 4.31. The van der Waals surface area contributed by atoms with Crippen LogP contribution in [-0.2, 0) is 24.8 Å². The Morgan fingerprint density at radius 2 is 2.30 bits per heavy atom. The van der Waals surface area contributed by atoms with Crippen LogP contribution in [0.3, 0.4) is 0 Å². The van der Waals surface area contributed by atoms with Crippen LogP contribution >= 0.6 is 11.3 Å². The smallest absolute Gasteiger partial charge is 0.303 e. The minimum atomic E-state index is -1.14. The third-order valence-electron chi connectivity index (χ3n) is 3.62. The number of aromatic amines is 1. The maximum atomic E-state index is 12.7. The molecule has 0 fully saturated rings. The zero-order valence-electron chi connectivity index (χ0n) is 12.3. The number of hydrogen-bond donors (Lipinski definition) is 1. The van der Waals surface area contributed by atoms with Crippen LogP contribution in [0.25, 0.3) is 21.3 Å². The average molecular weight is 348 g/mol. The molecule has 4 aromatic rings. The molecule has 1 atom stereocenters. The SMILES string of the molecule is Cn1c2nc([S+](C)[O-])sc2c2cnn(Cc3cc[nH]n3)c(=O)c21. The van der Waals surface area contributed by atoms with Crippen LogP contribution in [0.1, 0.15) is 5.69 Å². The molecule has 1 N–H and O–H groups in total. The Kier molecular flexibility index (Phi) is 3.25. The van der Waals surface area contributed by atoms with E-state index >= 15 is 0 Å². The number of thiazole rings is 1. The van der Waals surface area contributed by atoms with E-state index in [1.807, 2.05) is 0 Å². The highest BCUT2D eigenvalue weighted by Gasteiger charge is 2.21. The van der Waals surface area contributed by atoms with Gasteiger partial charge >= 0.3 is 4.34 Å². The van der Waals surface area contributed by atoms with Gasteiger partial charge in [0.05, 0.1) is 23.1 Å². The van der Waals surface area contributed by atoms with Gasteiger partial charge in [-0.1, -0.05) is 11.3 Å². The van der Waals surface area contributed by atoms with Crippen LogP contribution in [0.15, 0.2) is 27.6 Å². The van der Waals surface area contributed by atoms with Gasteiger partial charge in [0.2, 0.25) is 0 Å². The van der Waals surface area contributed by atoms with Crippen molar-refractivity contribution in [1.29, 1.82) is 0 Å². The summed E-state index contributed by atoms with van der Waals surface area (Å²) >= 11 is 0.194. The molecule has 0 aliphatic rings. The first-order valence-corrected chi connectivity index (χ1v) is 9.11. The Hall–Kier alpha value is -2.17. The minimum Gasteiger partial charge on any atom is -0.610 e. The lowest BCUT2D eigenvalue weighted by atomic mass is 10.3. The molecular weight excluding hydrogens is 336 g/mol. The fraction of sp³-hybridized carbons (Fsp3) is 0.231. The summed E-state index contributed by atoms with van der Waals surface area (Å²) < 4.78 is 16.1. The number of nitrogens with zero attached hydrogens (tertiary/aromatic N) is 5. The number of fused-ring (bicyclic) bond motifs is 3. The van der Waals surface area contributed by atoms with E-state index in [2.05, 4.69) is 20.3 Å². The summed E-state index contributed by atoms with van der Waals surface area (Å²) in [6.07, 6.45) is 4.95. The highest BCUT2D eigenvalue weighted by Crippen LogP contribution is 2.32. The summed E-state index contributed by atoms with van der Waals surface area (Å²) in [6.45, 7) is 0.300. The average Bonchev–Trinajstić information content (AvgIpc) is 3.21. The van der Waals surface area contributed by atoms with E-state index < -0.39 is 11.2 Å². The van der Waals surface area contributed by atoms with Crippen molar-refractivity contribution in [3.8, 4) is 0 Å². The largest absolute Gasteiger partial charge is 0.610 e. The van der Waals surface area contributed by atoms with Crippen LogP contribution in [-0.4, -0.2) is 40.3 Å². The van der Waals surface area contributed by atoms with Gasteiger partial charge in [0.15, 0.2) is 5.65 Å². The number of hydrogen-bond acceptors (Lipinski definition) is 6. The topological polar surface area (TPSA) is 104 Å². The number of aromatic nitrogens is 6. The first kappa shape index (κ1) is 14.4. The van der Waals surface area contributed by atoms with Crippen LogP contribution < -0.4 is 5.56 Å².